The summed E-state index contributed by atoms with van der Waals surface area (Å²) in [4.78, 5) is 11.9. The van der Waals surface area contributed by atoms with Crippen LogP contribution in [0.25, 0.3) is 11.0 Å². The Morgan fingerprint density at radius 1 is 1.45 bits per heavy atom. The van der Waals surface area contributed by atoms with Crippen molar-refractivity contribution in [2.75, 3.05) is 19.6 Å². The topological polar surface area (TPSA) is 67.2 Å². The van der Waals surface area contributed by atoms with Crippen molar-refractivity contribution in [3.05, 3.63) is 30.0 Å². The maximum absolute atomic E-state index is 11.9. The fraction of sp³-hybridized carbons (Fsp3) is 0.467. The van der Waals surface area contributed by atoms with Gasteiger partial charge in [0.05, 0.1) is 6.42 Å². The lowest BCUT2D eigenvalue weighted by Gasteiger charge is -2.08. The van der Waals surface area contributed by atoms with Gasteiger partial charge in [-0.2, -0.15) is 0 Å². The lowest BCUT2D eigenvalue weighted by Crippen LogP contribution is -2.28. The Balaban J connectivity index is 1.50. The minimum atomic E-state index is 0.00927. The van der Waals surface area contributed by atoms with E-state index in [1.165, 1.54) is 6.42 Å². The first kappa shape index (κ1) is 13.1. The van der Waals surface area contributed by atoms with E-state index in [9.17, 15) is 4.79 Å². The van der Waals surface area contributed by atoms with E-state index in [2.05, 4.69) is 15.8 Å². The monoisotopic (exact) mass is 273 g/mol. The molecular formula is C15H19N3O2. The molecule has 2 heterocycles. The van der Waals surface area contributed by atoms with Gasteiger partial charge in [0.1, 0.15) is 5.69 Å². The van der Waals surface area contributed by atoms with E-state index in [1.807, 2.05) is 24.3 Å². The van der Waals surface area contributed by atoms with Crippen molar-refractivity contribution in [1.82, 2.24) is 15.8 Å². The van der Waals surface area contributed by atoms with Crippen LogP contribution >= 0.6 is 0 Å². The molecule has 20 heavy (non-hydrogen) atoms. The van der Waals surface area contributed by atoms with Crippen LogP contribution in [0.3, 0.4) is 0 Å². The molecule has 1 fully saturated rings. The molecule has 106 valence electrons. The average molecular weight is 273 g/mol. The molecule has 1 aromatic carbocycles. The fourth-order valence-electron chi connectivity index (χ4n) is 2.66. The molecule has 0 saturated carbocycles. The minimum Gasteiger partial charge on any atom is -0.356 e. The molecule has 2 aromatic rings. The average Bonchev–Trinajstić information content (AvgIpc) is 3.09. The number of hydrogen-bond acceptors (Lipinski definition) is 4. The number of benzene rings is 1. The predicted molar refractivity (Wildman–Crippen MR) is 76.3 cm³/mol. The van der Waals surface area contributed by atoms with Crippen LogP contribution in [0.4, 0.5) is 0 Å². The van der Waals surface area contributed by atoms with Gasteiger partial charge in [0, 0.05) is 11.9 Å². The van der Waals surface area contributed by atoms with E-state index >= 15 is 0 Å². The third-order valence-electron chi connectivity index (χ3n) is 3.82. The van der Waals surface area contributed by atoms with E-state index < -0.39 is 0 Å². The highest BCUT2D eigenvalue weighted by Gasteiger charge is 2.15. The van der Waals surface area contributed by atoms with Gasteiger partial charge < -0.3 is 15.2 Å². The molecule has 0 radical (unpaired) electrons. The number of amides is 1. The van der Waals surface area contributed by atoms with Crippen LogP contribution in [0.2, 0.25) is 0 Å². The largest absolute Gasteiger partial charge is 0.356 e. The normalized spacial score (nSPS) is 18.5. The summed E-state index contributed by atoms with van der Waals surface area (Å²) in [5.41, 5.74) is 1.44. The smallest absolute Gasteiger partial charge is 0.226 e. The van der Waals surface area contributed by atoms with Gasteiger partial charge in [0.15, 0.2) is 5.58 Å². The number of nitrogens with zero attached hydrogens (tertiary/aromatic N) is 1. The second-order valence-electron chi connectivity index (χ2n) is 5.30. The maximum atomic E-state index is 11.9. The van der Waals surface area contributed by atoms with Gasteiger partial charge >= 0.3 is 0 Å². The molecule has 0 spiro atoms. The van der Waals surface area contributed by atoms with Gasteiger partial charge in [-0.15, -0.1) is 0 Å². The molecule has 1 amide bonds. The molecule has 0 aliphatic carbocycles. The molecule has 1 aliphatic rings. The molecule has 1 saturated heterocycles. The summed E-state index contributed by atoms with van der Waals surface area (Å²) in [6.07, 6.45) is 2.53. The highest BCUT2D eigenvalue weighted by atomic mass is 16.5. The third-order valence-corrected chi connectivity index (χ3v) is 3.82. The van der Waals surface area contributed by atoms with Gasteiger partial charge in [-0.1, -0.05) is 17.3 Å². The first-order chi connectivity index (χ1) is 9.83. The first-order valence-electron chi connectivity index (χ1n) is 7.13. The van der Waals surface area contributed by atoms with Crippen LogP contribution in [-0.2, 0) is 11.2 Å². The van der Waals surface area contributed by atoms with Crippen LogP contribution in [0.1, 0.15) is 18.5 Å². The predicted octanol–water partition coefficient (Wildman–Crippen LogP) is 1.49. The Kier molecular flexibility index (Phi) is 3.97. The zero-order valence-electron chi connectivity index (χ0n) is 11.4. The number of hydrogen-bond donors (Lipinski definition) is 2. The second-order valence-corrected chi connectivity index (χ2v) is 5.30. The zero-order chi connectivity index (χ0) is 13.8. The number of rotatable bonds is 5. The molecule has 3 rings (SSSR count). The molecule has 5 nitrogen and oxygen atoms in total. The number of para-hydroxylation sites is 1. The van der Waals surface area contributed by atoms with Gasteiger partial charge in [0.2, 0.25) is 5.91 Å². The number of carbonyl (C=O) groups excluding carboxylic acids is 1. The van der Waals surface area contributed by atoms with E-state index in [0.29, 0.717) is 11.6 Å². The Hall–Kier alpha value is -1.88. The van der Waals surface area contributed by atoms with Crippen molar-refractivity contribution < 1.29 is 9.32 Å². The number of carbonyl (C=O) groups is 1. The summed E-state index contributed by atoms with van der Waals surface area (Å²) in [6.45, 7) is 2.91. The van der Waals surface area contributed by atoms with Crippen LogP contribution in [0.5, 0.6) is 0 Å². The van der Waals surface area contributed by atoms with Gasteiger partial charge in [-0.25, -0.2) is 0 Å². The highest BCUT2D eigenvalue weighted by molar-refractivity contribution is 5.86. The SMILES string of the molecule is O=C(Cc1noc2ccccc12)NCCC1CCNC1. The molecule has 1 aromatic heterocycles. The molecule has 1 atom stereocenters. The molecular weight excluding hydrogens is 254 g/mol. The Bertz CT molecular complexity index is 588. The van der Waals surface area contributed by atoms with Crippen molar-refractivity contribution in [3.63, 3.8) is 0 Å². The van der Waals surface area contributed by atoms with Gasteiger partial charge in [0.25, 0.3) is 0 Å². The highest BCUT2D eigenvalue weighted by Crippen LogP contribution is 2.18. The maximum Gasteiger partial charge on any atom is 0.226 e. The van der Waals surface area contributed by atoms with Crippen LogP contribution in [0, 0.1) is 5.92 Å². The van der Waals surface area contributed by atoms with E-state index in [0.717, 1.165) is 37.0 Å². The standard InChI is InChI=1S/C15H19N3O2/c19-15(17-8-6-11-5-7-16-10-11)9-13-12-3-1-2-4-14(12)20-18-13/h1-4,11,16H,5-10H2,(H,17,19). The van der Waals surface area contributed by atoms with Crippen molar-refractivity contribution in [2.24, 2.45) is 5.92 Å². The number of nitrogens with one attached hydrogen (secondary N) is 2. The van der Waals surface area contributed by atoms with E-state index in [4.69, 9.17) is 4.52 Å². The van der Waals surface area contributed by atoms with Crippen LogP contribution in [-0.4, -0.2) is 30.7 Å². The fourth-order valence-corrected chi connectivity index (χ4v) is 2.66. The van der Waals surface area contributed by atoms with Crippen molar-refractivity contribution in [3.8, 4) is 0 Å². The molecule has 0 bridgehead atoms. The summed E-state index contributed by atoms with van der Waals surface area (Å²) in [5.74, 6) is 0.707. The quantitative estimate of drug-likeness (QED) is 0.866. The van der Waals surface area contributed by atoms with Gasteiger partial charge in [-0.05, 0) is 44.0 Å². The van der Waals surface area contributed by atoms with Crippen molar-refractivity contribution >= 4 is 16.9 Å². The summed E-state index contributed by atoms with van der Waals surface area (Å²) in [5, 5.41) is 11.2. The van der Waals surface area contributed by atoms with Gasteiger partial charge in [-0.3, -0.25) is 4.79 Å². The third kappa shape index (κ3) is 2.99. The Morgan fingerprint density at radius 2 is 2.35 bits per heavy atom. The molecule has 1 unspecified atom stereocenters. The second kappa shape index (κ2) is 6.05. The Labute approximate surface area is 117 Å². The summed E-state index contributed by atoms with van der Waals surface area (Å²) in [7, 11) is 0. The van der Waals surface area contributed by atoms with Crippen molar-refractivity contribution in [2.45, 2.75) is 19.3 Å². The molecule has 2 N–H and O–H groups in total. The molecule has 1 aliphatic heterocycles. The summed E-state index contributed by atoms with van der Waals surface area (Å²) in [6, 6.07) is 7.61. The molecule has 5 heteroatoms. The zero-order valence-corrected chi connectivity index (χ0v) is 11.4. The number of aromatic nitrogens is 1. The van der Waals surface area contributed by atoms with Crippen LogP contribution < -0.4 is 10.6 Å². The van der Waals surface area contributed by atoms with Crippen LogP contribution in [0.15, 0.2) is 28.8 Å². The summed E-state index contributed by atoms with van der Waals surface area (Å²) >= 11 is 0. The Morgan fingerprint density at radius 3 is 3.20 bits per heavy atom. The summed E-state index contributed by atoms with van der Waals surface area (Å²) < 4.78 is 5.20. The first-order valence-corrected chi connectivity index (χ1v) is 7.13. The van der Waals surface area contributed by atoms with E-state index in [-0.39, 0.29) is 12.3 Å². The van der Waals surface area contributed by atoms with E-state index in [1.54, 1.807) is 0 Å². The lowest BCUT2D eigenvalue weighted by atomic mass is 10.1. The van der Waals surface area contributed by atoms with Crippen molar-refractivity contribution in [1.29, 1.82) is 0 Å². The lowest BCUT2D eigenvalue weighted by molar-refractivity contribution is -0.120. The minimum absolute atomic E-state index is 0.00927. The number of fused-ring (bicyclic) bond motifs is 1.